The Morgan fingerprint density at radius 3 is 2.76 bits per heavy atom. The van der Waals surface area contributed by atoms with Crippen LogP contribution in [0.4, 0.5) is 0 Å². The van der Waals surface area contributed by atoms with Gasteiger partial charge in [0, 0.05) is 0 Å². The van der Waals surface area contributed by atoms with E-state index in [4.69, 9.17) is 14.4 Å². The number of carbonyl (C=O) groups excluding carboxylic acids is 1. The maximum atomic E-state index is 12.4. The minimum absolute atomic E-state index is 0.106. The summed E-state index contributed by atoms with van der Waals surface area (Å²) in [6.45, 7) is 3.33. The normalized spacial score (nSPS) is 12.3. The van der Waals surface area contributed by atoms with Crippen LogP contribution in [0, 0.1) is 0 Å². The Morgan fingerprint density at radius 2 is 2.19 bits per heavy atom. The molecule has 9 nitrogen and oxygen atoms in total. The molecule has 2 aromatic heterocycles. The maximum absolute atomic E-state index is 12.4. The molecule has 1 unspecified atom stereocenters. The Kier molecular flexibility index (Phi) is 4.01. The van der Waals surface area contributed by atoms with Crippen molar-refractivity contribution < 1.29 is 24.0 Å². The number of carboxylic acid groups (broad SMARTS) is 1. The summed E-state index contributed by atoms with van der Waals surface area (Å²) in [6.07, 6.45) is 1.25. The summed E-state index contributed by atoms with van der Waals surface area (Å²) < 4.78 is 10.5. The molecule has 1 N–H and O–H groups in total. The third-order valence-electron chi connectivity index (χ3n) is 2.90. The van der Waals surface area contributed by atoms with Crippen LogP contribution in [-0.2, 0) is 9.53 Å². The molecule has 0 aromatic carbocycles. The number of rotatable bonds is 5. The topological polar surface area (TPSA) is 125 Å². The Labute approximate surface area is 118 Å². The number of hydrogen-bond donors (Lipinski definition) is 1. The number of esters is 1. The van der Waals surface area contributed by atoms with Crippen LogP contribution in [0.3, 0.4) is 0 Å². The maximum Gasteiger partial charge on any atom is 0.361 e. The van der Waals surface area contributed by atoms with Crippen molar-refractivity contribution in [1.82, 2.24) is 14.7 Å². The van der Waals surface area contributed by atoms with Crippen molar-refractivity contribution in [1.29, 1.82) is 0 Å². The van der Waals surface area contributed by atoms with Gasteiger partial charge >= 0.3 is 11.9 Å². The molecule has 112 valence electrons. The molecule has 0 aliphatic heterocycles. The van der Waals surface area contributed by atoms with Gasteiger partial charge in [0.15, 0.2) is 0 Å². The van der Waals surface area contributed by atoms with E-state index in [9.17, 15) is 14.4 Å². The minimum Gasteiger partial charge on any atom is -0.480 e. The Hall–Kier alpha value is -2.71. The highest BCUT2D eigenvalue weighted by Crippen LogP contribution is 2.15. The van der Waals surface area contributed by atoms with Gasteiger partial charge in [-0.15, -0.1) is 0 Å². The third kappa shape index (κ3) is 2.49. The molecule has 0 aliphatic carbocycles. The summed E-state index contributed by atoms with van der Waals surface area (Å²) in [5, 5.41) is 12.4. The summed E-state index contributed by atoms with van der Waals surface area (Å²) in [6, 6.07) is -1.08. The molecule has 2 aromatic rings. The monoisotopic (exact) mass is 295 g/mol. The van der Waals surface area contributed by atoms with Crippen LogP contribution in [0.2, 0.25) is 0 Å². The fraction of sp³-hybridized carbons (Fsp3) is 0.417. The van der Waals surface area contributed by atoms with Gasteiger partial charge in [-0.3, -0.25) is 9.36 Å². The number of carboxylic acids is 1. The first-order valence-electron chi connectivity index (χ1n) is 6.27. The van der Waals surface area contributed by atoms with Crippen molar-refractivity contribution in [3.63, 3.8) is 0 Å². The van der Waals surface area contributed by atoms with Crippen molar-refractivity contribution in [2.45, 2.75) is 26.3 Å². The van der Waals surface area contributed by atoms with E-state index < -0.39 is 23.5 Å². The molecular formula is C12H13N3O6. The van der Waals surface area contributed by atoms with Crippen LogP contribution < -0.4 is 5.56 Å². The van der Waals surface area contributed by atoms with Crippen molar-refractivity contribution in [3.05, 3.63) is 22.4 Å². The van der Waals surface area contributed by atoms with Crippen molar-refractivity contribution in [3.8, 4) is 0 Å². The molecule has 0 amide bonds. The number of aromatic nitrogens is 3. The van der Waals surface area contributed by atoms with Gasteiger partial charge in [0.1, 0.15) is 17.8 Å². The summed E-state index contributed by atoms with van der Waals surface area (Å²) in [7, 11) is 0. The first-order chi connectivity index (χ1) is 10.0. The van der Waals surface area contributed by atoms with Crippen LogP contribution in [0.1, 0.15) is 36.8 Å². The second-order valence-electron chi connectivity index (χ2n) is 4.15. The Balaban J connectivity index is 2.65. The number of fused-ring (bicyclic) bond motifs is 1. The van der Waals surface area contributed by atoms with Crippen LogP contribution in [0.15, 0.2) is 15.6 Å². The molecule has 0 aliphatic rings. The van der Waals surface area contributed by atoms with Crippen LogP contribution in [0.5, 0.6) is 0 Å². The van der Waals surface area contributed by atoms with E-state index in [0.717, 1.165) is 10.9 Å². The van der Waals surface area contributed by atoms with Crippen LogP contribution >= 0.6 is 0 Å². The zero-order valence-electron chi connectivity index (χ0n) is 11.4. The lowest BCUT2D eigenvalue weighted by Crippen LogP contribution is -2.30. The molecule has 0 saturated heterocycles. The lowest BCUT2D eigenvalue weighted by atomic mass is 10.2. The van der Waals surface area contributed by atoms with Gasteiger partial charge in [0.2, 0.25) is 5.69 Å². The lowest BCUT2D eigenvalue weighted by molar-refractivity contribution is -0.141. The smallest absolute Gasteiger partial charge is 0.361 e. The number of nitrogens with zero attached hydrogens (tertiary/aromatic N) is 3. The quantitative estimate of drug-likeness (QED) is 0.795. The minimum atomic E-state index is -1.17. The SMILES string of the molecule is CCOC(=O)c1noc2ncn(C(CC)C(=O)O)c(=O)c12. The van der Waals surface area contributed by atoms with Crippen molar-refractivity contribution >= 4 is 23.0 Å². The largest absolute Gasteiger partial charge is 0.480 e. The molecule has 2 rings (SSSR count). The standard InChI is InChI=1S/C12H13N3O6/c1-3-6(11(17)18)15-5-13-9-7(10(15)16)8(14-21-9)12(19)20-4-2/h5-6H,3-4H2,1-2H3,(H,17,18). The first kappa shape index (κ1) is 14.7. The summed E-state index contributed by atoms with van der Waals surface area (Å²) >= 11 is 0. The molecule has 0 bridgehead atoms. The molecule has 0 radical (unpaired) electrons. The number of hydrogen-bond acceptors (Lipinski definition) is 7. The van der Waals surface area contributed by atoms with Crippen molar-refractivity contribution in [2.75, 3.05) is 6.61 Å². The van der Waals surface area contributed by atoms with Crippen LogP contribution in [0.25, 0.3) is 11.1 Å². The van der Waals surface area contributed by atoms with Gasteiger partial charge in [-0.25, -0.2) is 14.6 Å². The highest BCUT2D eigenvalue weighted by atomic mass is 16.5. The predicted octanol–water partition coefficient (Wildman–Crippen LogP) is 0.597. The zero-order valence-corrected chi connectivity index (χ0v) is 11.4. The van der Waals surface area contributed by atoms with Gasteiger partial charge in [0.05, 0.1) is 6.61 Å². The van der Waals surface area contributed by atoms with E-state index >= 15 is 0 Å². The molecule has 0 spiro atoms. The van der Waals surface area contributed by atoms with Crippen LogP contribution in [-0.4, -0.2) is 38.4 Å². The molecule has 9 heteroatoms. The molecule has 0 saturated carbocycles. The average molecular weight is 295 g/mol. The van der Waals surface area contributed by atoms with E-state index in [1.165, 1.54) is 0 Å². The second-order valence-corrected chi connectivity index (χ2v) is 4.15. The second kappa shape index (κ2) is 5.73. The zero-order chi connectivity index (χ0) is 15.6. The fourth-order valence-corrected chi connectivity index (χ4v) is 1.91. The highest BCUT2D eigenvalue weighted by Gasteiger charge is 2.26. The number of carbonyl (C=O) groups is 2. The average Bonchev–Trinajstić information content (AvgIpc) is 2.87. The van der Waals surface area contributed by atoms with E-state index in [-0.39, 0.29) is 29.8 Å². The molecule has 0 fully saturated rings. The van der Waals surface area contributed by atoms with Crippen molar-refractivity contribution in [2.24, 2.45) is 0 Å². The third-order valence-corrected chi connectivity index (χ3v) is 2.90. The van der Waals surface area contributed by atoms with Gasteiger partial charge in [-0.05, 0) is 13.3 Å². The Morgan fingerprint density at radius 1 is 1.48 bits per heavy atom. The van der Waals surface area contributed by atoms with E-state index in [0.29, 0.717) is 0 Å². The van der Waals surface area contributed by atoms with Gasteiger partial charge in [-0.2, -0.15) is 0 Å². The number of aliphatic carboxylic acids is 1. The van der Waals surface area contributed by atoms with E-state index in [2.05, 4.69) is 10.1 Å². The molecular weight excluding hydrogens is 282 g/mol. The highest BCUT2D eigenvalue weighted by molar-refractivity contribution is 5.99. The number of ether oxygens (including phenoxy) is 1. The first-order valence-corrected chi connectivity index (χ1v) is 6.27. The summed E-state index contributed by atoms with van der Waals surface area (Å²) in [5.41, 5.74) is -1.16. The Bertz CT molecular complexity index is 747. The lowest BCUT2D eigenvalue weighted by Gasteiger charge is -2.12. The predicted molar refractivity (Wildman–Crippen MR) is 69.0 cm³/mol. The van der Waals surface area contributed by atoms with Gasteiger partial charge in [-0.1, -0.05) is 12.1 Å². The van der Waals surface area contributed by atoms with Gasteiger partial charge < -0.3 is 14.4 Å². The summed E-state index contributed by atoms with van der Waals surface area (Å²) in [5.74, 6) is -1.99. The van der Waals surface area contributed by atoms with E-state index in [1.54, 1.807) is 13.8 Å². The van der Waals surface area contributed by atoms with Gasteiger partial charge in [0.25, 0.3) is 11.3 Å². The molecule has 2 heterocycles. The molecule has 1 atom stereocenters. The van der Waals surface area contributed by atoms with E-state index in [1.807, 2.05) is 0 Å². The summed E-state index contributed by atoms with van der Waals surface area (Å²) in [4.78, 5) is 39.1. The molecule has 21 heavy (non-hydrogen) atoms. The fourth-order valence-electron chi connectivity index (χ4n) is 1.91.